The molecule has 140 valence electrons. The summed E-state index contributed by atoms with van der Waals surface area (Å²) in [7, 11) is 1.58. The van der Waals surface area contributed by atoms with E-state index >= 15 is 0 Å². The number of hydrogen-bond donors (Lipinski definition) is 2. The number of benzene rings is 2. The molecular formula is C21H23N3O3. The van der Waals surface area contributed by atoms with Gasteiger partial charge in [-0.05, 0) is 43.7 Å². The van der Waals surface area contributed by atoms with Crippen molar-refractivity contribution in [3.8, 4) is 11.4 Å². The van der Waals surface area contributed by atoms with E-state index in [-0.39, 0.29) is 12.5 Å². The van der Waals surface area contributed by atoms with Gasteiger partial charge in [-0.15, -0.1) is 0 Å². The van der Waals surface area contributed by atoms with Crippen molar-refractivity contribution in [2.45, 2.75) is 19.9 Å². The summed E-state index contributed by atoms with van der Waals surface area (Å²) in [5, 5.41) is 17.0. The molecule has 3 aromatic rings. The maximum Gasteiger partial charge on any atom is 0.251 e. The number of aliphatic hydroxyl groups is 1. The molecule has 1 amide bonds. The normalized spacial score (nSPS) is 11.9. The van der Waals surface area contributed by atoms with E-state index in [2.05, 4.69) is 10.4 Å². The summed E-state index contributed by atoms with van der Waals surface area (Å²) in [5.74, 6) is 0.350. The van der Waals surface area contributed by atoms with Gasteiger partial charge in [0.05, 0.1) is 25.5 Å². The Kier molecular flexibility index (Phi) is 5.57. The van der Waals surface area contributed by atoms with Gasteiger partial charge in [0, 0.05) is 11.3 Å². The molecule has 0 aliphatic carbocycles. The number of aliphatic hydroxyl groups excluding tert-OH is 1. The molecule has 27 heavy (non-hydrogen) atoms. The fraction of sp³-hybridized carbons (Fsp3) is 0.238. The Hall–Kier alpha value is -3.12. The summed E-state index contributed by atoms with van der Waals surface area (Å²) in [4.78, 5) is 12.8. The zero-order valence-electron chi connectivity index (χ0n) is 15.6. The Morgan fingerprint density at radius 3 is 2.52 bits per heavy atom. The maximum atomic E-state index is 12.8. The monoisotopic (exact) mass is 365 g/mol. The van der Waals surface area contributed by atoms with E-state index in [1.807, 2.05) is 50.2 Å². The van der Waals surface area contributed by atoms with Crippen LogP contribution in [-0.4, -0.2) is 34.5 Å². The summed E-state index contributed by atoms with van der Waals surface area (Å²) >= 11 is 0. The standard InChI is InChI=1S/C21H23N3O3/c1-14-11-15(2)24(23-14)19-12-17(9-10-20(19)27-3)21(26)22-18(13-25)16-7-5-4-6-8-16/h4-12,18,25H,13H2,1-3H3,(H,22,26). The molecule has 1 aromatic heterocycles. The third-order valence-electron chi connectivity index (χ3n) is 4.37. The lowest BCUT2D eigenvalue weighted by molar-refractivity contribution is 0.0916. The fourth-order valence-corrected chi connectivity index (χ4v) is 3.03. The lowest BCUT2D eigenvalue weighted by Gasteiger charge is -2.18. The van der Waals surface area contributed by atoms with Crippen LogP contribution in [0.25, 0.3) is 5.69 Å². The van der Waals surface area contributed by atoms with Crippen molar-refractivity contribution in [1.29, 1.82) is 0 Å². The number of nitrogens with one attached hydrogen (secondary N) is 1. The Balaban J connectivity index is 1.91. The van der Waals surface area contributed by atoms with Crippen molar-refractivity contribution >= 4 is 5.91 Å². The molecule has 0 saturated heterocycles. The highest BCUT2D eigenvalue weighted by molar-refractivity contribution is 5.95. The molecular weight excluding hydrogens is 342 g/mol. The summed E-state index contributed by atoms with van der Waals surface area (Å²) in [5.41, 5.74) is 3.83. The van der Waals surface area contributed by atoms with Crippen LogP contribution in [0.1, 0.15) is 33.4 Å². The number of methoxy groups -OCH3 is 1. The SMILES string of the molecule is COc1ccc(C(=O)NC(CO)c2ccccc2)cc1-n1nc(C)cc1C. The maximum absolute atomic E-state index is 12.8. The highest BCUT2D eigenvalue weighted by Gasteiger charge is 2.18. The number of rotatable bonds is 6. The molecule has 1 unspecified atom stereocenters. The van der Waals surface area contributed by atoms with Gasteiger partial charge in [-0.2, -0.15) is 5.10 Å². The smallest absolute Gasteiger partial charge is 0.251 e. The predicted octanol–water partition coefficient (Wildman–Crippen LogP) is 2.96. The number of nitrogens with zero attached hydrogens (tertiary/aromatic N) is 2. The first kappa shape index (κ1) is 18.7. The second kappa shape index (κ2) is 8.05. The molecule has 0 saturated carbocycles. The van der Waals surface area contributed by atoms with Gasteiger partial charge in [0.25, 0.3) is 5.91 Å². The van der Waals surface area contributed by atoms with E-state index in [0.717, 1.165) is 17.0 Å². The zero-order valence-corrected chi connectivity index (χ0v) is 15.6. The number of carbonyl (C=O) groups excluding carboxylic acids is 1. The summed E-state index contributed by atoms with van der Waals surface area (Å²) in [6.45, 7) is 3.68. The first-order chi connectivity index (χ1) is 13.0. The van der Waals surface area contributed by atoms with Crippen molar-refractivity contribution in [3.05, 3.63) is 77.1 Å². The van der Waals surface area contributed by atoms with Gasteiger partial charge < -0.3 is 15.2 Å². The lowest BCUT2D eigenvalue weighted by Crippen LogP contribution is -2.30. The van der Waals surface area contributed by atoms with Crippen molar-refractivity contribution in [3.63, 3.8) is 0 Å². The number of carbonyl (C=O) groups is 1. The van der Waals surface area contributed by atoms with Gasteiger partial charge in [-0.1, -0.05) is 30.3 Å². The number of ether oxygens (including phenoxy) is 1. The van der Waals surface area contributed by atoms with Crippen LogP contribution in [0.3, 0.4) is 0 Å². The van der Waals surface area contributed by atoms with Crippen LogP contribution in [0.4, 0.5) is 0 Å². The van der Waals surface area contributed by atoms with Gasteiger partial charge in [-0.25, -0.2) is 4.68 Å². The van der Waals surface area contributed by atoms with Crippen molar-refractivity contribution in [2.24, 2.45) is 0 Å². The fourth-order valence-electron chi connectivity index (χ4n) is 3.03. The summed E-state index contributed by atoms with van der Waals surface area (Å²) < 4.78 is 7.19. The minimum Gasteiger partial charge on any atom is -0.494 e. The zero-order chi connectivity index (χ0) is 19.4. The Morgan fingerprint density at radius 1 is 1.19 bits per heavy atom. The van der Waals surface area contributed by atoms with Crippen molar-refractivity contribution < 1.29 is 14.6 Å². The Labute approximate surface area is 158 Å². The highest BCUT2D eigenvalue weighted by Crippen LogP contribution is 2.26. The average Bonchev–Trinajstić information content (AvgIpc) is 3.03. The van der Waals surface area contributed by atoms with Crippen molar-refractivity contribution in [1.82, 2.24) is 15.1 Å². The van der Waals surface area contributed by atoms with Crippen LogP contribution < -0.4 is 10.1 Å². The largest absolute Gasteiger partial charge is 0.494 e. The number of aryl methyl sites for hydroxylation is 2. The van der Waals surface area contributed by atoms with Gasteiger partial charge >= 0.3 is 0 Å². The van der Waals surface area contributed by atoms with Crippen LogP contribution in [0.5, 0.6) is 5.75 Å². The van der Waals surface area contributed by atoms with E-state index in [1.54, 1.807) is 30.0 Å². The van der Waals surface area contributed by atoms with E-state index in [1.165, 1.54) is 0 Å². The molecule has 0 radical (unpaired) electrons. The molecule has 6 heteroatoms. The van der Waals surface area contributed by atoms with E-state index in [4.69, 9.17) is 4.74 Å². The molecule has 0 spiro atoms. The summed E-state index contributed by atoms with van der Waals surface area (Å²) in [6, 6.07) is 16.1. The minimum atomic E-state index is -0.474. The third-order valence-corrected chi connectivity index (χ3v) is 4.37. The van der Waals surface area contributed by atoms with E-state index in [0.29, 0.717) is 17.0 Å². The molecule has 1 atom stereocenters. The van der Waals surface area contributed by atoms with Gasteiger partial charge in [-0.3, -0.25) is 4.79 Å². The van der Waals surface area contributed by atoms with Gasteiger partial charge in [0.15, 0.2) is 0 Å². The molecule has 0 bridgehead atoms. The lowest BCUT2D eigenvalue weighted by atomic mass is 10.1. The average molecular weight is 365 g/mol. The molecule has 0 aliphatic rings. The number of aromatic nitrogens is 2. The third kappa shape index (κ3) is 4.01. The van der Waals surface area contributed by atoms with Crippen LogP contribution in [-0.2, 0) is 0 Å². The Bertz CT molecular complexity index is 935. The summed E-state index contributed by atoms with van der Waals surface area (Å²) in [6.07, 6.45) is 0. The second-order valence-electron chi connectivity index (χ2n) is 6.34. The second-order valence-corrected chi connectivity index (χ2v) is 6.34. The molecule has 0 fully saturated rings. The minimum absolute atomic E-state index is 0.184. The van der Waals surface area contributed by atoms with Gasteiger partial charge in [0.1, 0.15) is 11.4 Å². The highest BCUT2D eigenvalue weighted by atomic mass is 16.5. The van der Waals surface area contributed by atoms with Crippen LogP contribution in [0.2, 0.25) is 0 Å². The van der Waals surface area contributed by atoms with E-state index in [9.17, 15) is 9.90 Å². The first-order valence-corrected chi connectivity index (χ1v) is 8.72. The van der Waals surface area contributed by atoms with Crippen LogP contribution >= 0.6 is 0 Å². The van der Waals surface area contributed by atoms with Crippen molar-refractivity contribution in [2.75, 3.05) is 13.7 Å². The number of hydrogen-bond acceptors (Lipinski definition) is 4. The molecule has 3 rings (SSSR count). The van der Waals surface area contributed by atoms with E-state index < -0.39 is 6.04 Å². The quantitative estimate of drug-likeness (QED) is 0.704. The molecule has 1 heterocycles. The van der Waals surface area contributed by atoms with Crippen LogP contribution in [0, 0.1) is 13.8 Å². The predicted molar refractivity (Wildman–Crippen MR) is 103 cm³/mol. The molecule has 2 aromatic carbocycles. The Morgan fingerprint density at radius 2 is 1.93 bits per heavy atom. The first-order valence-electron chi connectivity index (χ1n) is 8.72. The molecule has 6 nitrogen and oxygen atoms in total. The molecule has 0 aliphatic heterocycles. The topological polar surface area (TPSA) is 76.4 Å². The van der Waals surface area contributed by atoms with Gasteiger partial charge in [0.2, 0.25) is 0 Å². The molecule has 2 N–H and O–H groups in total. The van der Waals surface area contributed by atoms with Crippen LogP contribution in [0.15, 0.2) is 54.6 Å². The number of amides is 1.